The van der Waals surface area contributed by atoms with Gasteiger partial charge in [-0.25, -0.2) is 9.37 Å². The number of rotatable bonds is 5. The summed E-state index contributed by atoms with van der Waals surface area (Å²) in [4.78, 5) is 29.9. The first-order valence-electron chi connectivity index (χ1n) is 10.5. The smallest absolute Gasteiger partial charge is 0.274 e. The van der Waals surface area contributed by atoms with Gasteiger partial charge in [0.2, 0.25) is 0 Å². The molecular formula is C25H20FN3O4. The number of ketones is 1. The van der Waals surface area contributed by atoms with Gasteiger partial charge in [-0.2, -0.15) is 0 Å². The Balaban J connectivity index is 1.37. The van der Waals surface area contributed by atoms with E-state index in [1.807, 2.05) is 18.2 Å². The second-order valence-corrected chi connectivity index (χ2v) is 7.87. The maximum Gasteiger partial charge on any atom is 0.274 e. The zero-order chi connectivity index (χ0) is 22.9. The molecule has 8 heteroatoms. The van der Waals surface area contributed by atoms with Crippen molar-refractivity contribution in [3.8, 4) is 5.75 Å². The molecule has 5 rings (SSSR count). The number of Topliss-reactive ketones (excluding diaryl/α,β-unsaturated/α-hetero) is 1. The molecular weight excluding hydrogens is 425 g/mol. The van der Waals surface area contributed by atoms with E-state index < -0.39 is 23.7 Å². The minimum atomic E-state index is -0.835. The molecule has 0 unspecified atom stereocenters. The molecule has 0 radical (unpaired) electrons. The van der Waals surface area contributed by atoms with Crippen LogP contribution in [0, 0.1) is 5.82 Å². The molecule has 0 aliphatic carbocycles. The molecule has 166 valence electrons. The number of hydrogen-bond donors (Lipinski definition) is 2. The number of hydrogen-bond acceptors (Lipinski definition) is 5. The third-order valence-electron chi connectivity index (χ3n) is 5.78. The Morgan fingerprint density at radius 2 is 1.97 bits per heavy atom. The highest BCUT2D eigenvalue weighted by Gasteiger charge is 2.31. The van der Waals surface area contributed by atoms with Gasteiger partial charge in [0.05, 0.1) is 18.0 Å². The third kappa shape index (κ3) is 3.96. The summed E-state index contributed by atoms with van der Waals surface area (Å²) >= 11 is 0. The molecule has 2 N–H and O–H groups in total. The summed E-state index contributed by atoms with van der Waals surface area (Å²) in [6, 6.07) is 16.4. The van der Waals surface area contributed by atoms with Crippen LogP contribution in [0.25, 0.3) is 5.65 Å². The number of fused-ring (bicyclic) bond motifs is 2. The summed E-state index contributed by atoms with van der Waals surface area (Å²) in [7, 11) is 0. The number of nitrogens with one attached hydrogen (secondary N) is 1. The van der Waals surface area contributed by atoms with E-state index in [4.69, 9.17) is 4.74 Å². The van der Waals surface area contributed by atoms with Gasteiger partial charge in [0.1, 0.15) is 29.5 Å². The summed E-state index contributed by atoms with van der Waals surface area (Å²) in [5, 5.41) is 13.0. The highest BCUT2D eigenvalue weighted by atomic mass is 19.1. The lowest BCUT2D eigenvalue weighted by Crippen LogP contribution is -2.32. The van der Waals surface area contributed by atoms with Crippen LogP contribution in [-0.2, 0) is 0 Å². The summed E-state index contributed by atoms with van der Waals surface area (Å²) in [5.41, 5.74) is 1.71. The summed E-state index contributed by atoms with van der Waals surface area (Å²) < 4.78 is 21.6. The minimum absolute atomic E-state index is 0.0216. The average Bonchev–Trinajstić information content (AvgIpc) is 3.26. The number of anilines is 1. The van der Waals surface area contributed by atoms with E-state index in [1.54, 1.807) is 34.9 Å². The van der Waals surface area contributed by atoms with Crippen LogP contribution >= 0.6 is 0 Å². The molecule has 1 aliphatic heterocycles. The van der Waals surface area contributed by atoms with Gasteiger partial charge in [0, 0.05) is 29.7 Å². The van der Waals surface area contributed by atoms with Crippen molar-refractivity contribution in [2.75, 3.05) is 11.9 Å². The van der Waals surface area contributed by atoms with Crippen molar-refractivity contribution >= 4 is 23.0 Å². The van der Waals surface area contributed by atoms with Crippen LogP contribution in [0.15, 0.2) is 73.1 Å². The third-order valence-corrected chi connectivity index (χ3v) is 5.78. The quantitative estimate of drug-likeness (QED) is 0.456. The predicted octanol–water partition coefficient (Wildman–Crippen LogP) is 3.84. The fraction of sp³-hybridized carbons (Fsp3) is 0.160. The monoisotopic (exact) mass is 445 g/mol. The molecule has 3 heterocycles. The number of imidazole rings is 1. The number of aliphatic hydroxyl groups excluding tert-OH is 1. The van der Waals surface area contributed by atoms with Crippen molar-refractivity contribution in [3.63, 3.8) is 0 Å². The van der Waals surface area contributed by atoms with E-state index in [1.165, 1.54) is 18.3 Å². The molecule has 0 saturated heterocycles. The summed E-state index contributed by atoms with van der Waals surface area (Å²) in [6.45, 7) is 0.0962. The predicted molar refractivity (Wildman–Crippen MR) is 119 cm³/mol. The average molecular weight is 445 g/mol. The van der Waals surface area contributed by atoms with Crippen LogP contribution in [0.5, 0.6) is 5.75 Å². The number of aliphatic hydroxyl groups is 1. The van der Waals surface area contributed by atoms with Gasteiger partial charge in [-0.1, -0.05) is 24.3 Å². The number of aromatic nitrogens is 2. The second-order valence-electron chi connectivity index (χ2n) is 7.87. The number of amides is 1. The molecule has 1 aliphatic rings. The Bertz CT molecular complexity index is 1370. The molecule has 0 spiro atoms. The fourth-order valence-electron chi connectivity index (χ4n) is 4.06. The van der Waals surface area contributed by atoms with Gasteiger partial charge >= 0.3 is 0 Å². The zero-order valence-corrected chi connectivity index (χ0v) is 17.4. The van der Waals surface area contributed by atoms with Crippen molar-refractivity contribution in [1.29, 1.82) is 0 Å². The first-order valence-corrected chi connectivity index (χ1v) is 10.5. The van der Waals surface area contributed by atoms with E-state index in [-0.39, 0.29) is 35.8 Å². The molecule has 0 bridgehead atoms. The normalized spacial score (nSPS) is 17.3. The maximum atomic E-state index is 14.5. The minimum Gasteiger partial charge on any atom is -0.491 e. The van der Waals surface area contributed by atoms with Gasteiger partial charge in [0.15, 0.2) is 5.78 Å². The van der Waals surface area contributed by atoms with Gasteiger partial charge < -0.3 is 15.2 Å². The Labute approximate surface area is 188 Å². The molecule has 4 aromatic rings. The van der Waals surface area contributed by atoms with E-state index in [9.17, 15) is 19.1 Å². The molecule has 2 atom stereocenters. The van der Waals surface area contributed by atoms with Gasteiger partial charge in [-0.05, 0) is 36.4 Å². The topological polar surface area (TPSA) is 92.9 Å². The van der Waals surface area contributed by atoms with Gasteiger partial charge in [0.25, 0.3) is 5.91 Å². The number of para-hydroxylation sites is 1. The van der Waals surface area contributed by atoms with Crippen LogP contribution in [0.2, 0.25) is 0 Å². The SMILES string of the molecule is O=C(C[C@@H]1c2ccccc2OC[C@@H]1O)c1ccc(F)c(NC(=O)c2cnc3ccccn23)c1. The van der Waals surface area contributed by atoms with Crippen molar-refractivity contribution in [1.82, 2.24) is 9.38 Å². The first kappa shape index (κ1) is 20.8. The van der Waals surface area contributed by atoms with Crippen LogP contribution in [-0.4, -0.2) is 38.9 Å². The van der Waals surface area contributed by atoms with E-state index in [2.05, 4.69) is 10.3 Å². The number of carbonyl (C=O) groups is 2. The number of carbonyl (C=O) groups excluding carboxylic acids is 2. The van der Waals surface area contributed by atoms with Crippen LogP contribution in [0.3, 0.4) is 0 Å². The van der Waals surface area contributed by atoms with Gasteiger partial charge in [-0.15, -0.1) is 0 Å². The second kappa shape index (κ2) is 8.48. The maximum absolute atomic E-state index is 14.5. The lowest BCUT2D eigenvalue weighted by Gasteiger charge is -2.30. The molecule has 2 aromatic carbocycles. The Kier molecular flexibility index (Phi) is 5.35. The van der Waals surface area contributed by atoms with Gasteiger partial charge in [-0.3, -0.25) is 14.0 Å². The zero-order valence-electron chi connectivity index (χ0n) is 17.4. The van der Waals surface area contributed by atoms with Crippen molar-refractivity contribution in [3.05, 3.63) is 95.7 Å². The lowest BCUT2D eigenvalue weighted by molar-refractivity contribution is 0.0591. The highest BCUT2D eigenvalue weighted by molar-refractivity contribution is 6.04. The Morgan fingerprint density at radius 1 is 1.15 bits per heavy atom. The standard InChI is InChI=1S/C25H20FN3O4/c26-18-9-8-15(21(30)12-17-16-5-1-2-6-23(16)33-14-22(17)31)11-19(18)28-25(32)20-13-27-24-7-3-4-10-29(20)24/h1-11,13,17,22,31H,12,14H2,(H,28,32)/t17-,22+/m1/s1. The molecule has 33 heavy (non-hydrogen) atoms. The van der Waals surface area contributed by atoms with E-state index in [0.29, 0.717) is 11.4 Å². The van der Waals surface area contributed by atoms with Crippen LogP contribution in [0.1, 0.15) is 38.7 Å². The number of nitrogens with zero attached hydrogens (tertiary/aromatic N) is 2. The molecule has 1 amide bonds. The largest absolute Gasteiger partial charge is 0.491 e. The molecule has 0 saturated carbocycles. The van der Waals surface area contributed by atoms with Crippen LogP contribution in [0.4, 0.5) is 10.1 Å². The van der Waals surface area contributed by atoms with Crippen LogP contribution < -0.4 is 10.1 Å². The summed E-state index contributed by atoms with van der Waals surface area (Å²) in [5.74, 6) is -1.29. The number of ether oxygens (including phenoxy) is 1. The first-order chi connectivity index (χ1) is 16.0. The highest BCUT2D eigenvalue weighted by Crippen LogP contribution is 2.36. The molecule has 7 nitrogen and oxygen atoms in total. The Morgan fingerprint density at radius 3 is 2.85 bits per heavy atom. The molecule has 2 aromatic heterocycles. The lowest BCUT2D eigenvalue weighted by atomic mass is 9.85. The number of halogens is 1. The summed E-state index contributed by atoms with van der Waals surface area (Å²) in [6.07, 6.45) is 2.28. The van der Waals surface area contributed by atoms with E-state index >= 15 is 0 Å². The van der Waals surface area contributed by atoms with E-state index in [0.717, 1.165) is 11.6 Å². The molecule has 0 fully saturated rings. The number of benzene rings is 2. The fourth-order valence-corrected chi connectivity index (χ4v) is 4.06. The van der Waals surface area contributed by atoms with Crippen molar-refractivity contribution in [2.24, 2.45) is 0 Å². The number of pyridine rings is 1. The van der Waals surface area contributed by atoms with Crippen molar-refractivity contribution < 1.29 is 23.8 Å². The van der Waals surface area contributed by atoms with Crippen molar-refractivity contribution in [2.45, 2.75) is 18.4 Å². The Hall–Kier alpha value is -4.04.